The quantitative estimate of drug-likeness (QED) is 0.646. The maximum absolute atomic E-state index is 5.80. The molecule has 13 heavy (non-hydrogen) atoms. The van der Waals surface area contributed by atoms with E-state index in [1.165, 1.54) is 9.13 Å². The van der Waals surface area contributed by atoms with Crippen LogP contribution < -0.4 is 4.74 Å². The fraction of sp³-hybridized carbons (Fsp3) is 0.400. The molecule has 0 fully saturated rings. The largest absolute Gasteiger partial charge is 0.487 e. The Hall–Kier alpha value is 0.230. The van der Waals surface area contributed by atoms with Crippen molar-refractivity contribution in [3.63, 3.8) is 0 Å². The molecule has 0 radical (unpaired) electrons. The predicted octanol–water partition coefficient (Wildman–Crippen LogP) is 3.77. The highest BCUT2D eigenvalue weighted by Crippen LogP contribution is 2.38. The molecule has 1 heterocycles. The van der Waals surface area contributed by atoms with Gasteiger partial charge in [0.15, 0.2) is 0 Å². The van der Waals surface area contributed by atoms with Crippen molar-refractivity contribution in [2.75, 3.05) is 0 Å². The van der Waals surface area contributed by atoms with E-state index in [4.69, 9.17) is 4.74 Å². The fourth-order valence-corrected chi connectivity index (χ4v) is 2.45. The highest BCUT2D eigenvalue weighted by atomic mass is 127. The summed E-state index contributed by atoms with van der Waals surface area (Å²) in [5, 5.41) is 0. The van der Waals surface area contributed by atoms with E-state index in [1.54, 1.807) is 0 Å². The third-order valence-electron chi connectivity index (χ3n) is 2.11. The van der Waals surface area contributed by atoms with Gasteiger partial charge in [0.2, 0.25) is 0 Å². The standard InChI is InChI=1S/C10H10BrIO/c1-10(2)5-6-3-8(12)7(11)4-9(6)13-10/h3-4H,5H2,1-2H3. The van der Waals surface area contributed by atoms with Gasteiger partial charge in [0, 0.05) is 14.5 Å². The number of halogens is 2. The van der Waals surface area contributed by atoms with E-state index in [0.717, 1.165) is 16.6 Å². The lowest BCUT2D eigenvalue weighted by atomic mass is 10.0. The van der Waals surface area contributed by atoms with Crippen LogP contribution in [0, 0.1) is 3.57 Å². The summed E-state index contributed by atoms with van der Waals surface area (Å²) < 4.78 is 8.16. The van der Waals surface area contributed by atoms with Crippen LogP contribution in [-0.2, 0) is 6.42 Å². The van der Waals surface area contributed by atoms with Gasteiger partial charge in [-0.25, -0.2) is 0 Å². The molecule has 1 nitrogen and oxygen atoms in total. The third-order valence-corrected chi connectivity index (χ3v) is 4.40. The number of ether oxygens (including phenoxy) is 1. The maximum atomic E-state index is 5.80. The molecule has 0 saturated carbocycles. The van der Waals surface area contributed by atoms with E-state index < -0.39 is 0 Å². The summed E-state index contributed by atoms with van der Waals surface area (Å²) in [7, 11) is 0. The summed E-state index contributed by atoms with van der Waals surface area (Å²) in [5.41, 5.74) is 1.28. The molecule has 0 amide bonds. The first kappa shape index (κ1) is 9.77. The van der Waals surface area contributed by atoms with Crippen LogP contribution in [0.15, 0.2) is 16.6 Å². The van der Waals surface area contributed by atoms with E-state index in [2.05, 4.69) is 64.5 Å². The second-order valence-electron chi connectivity index (χ2n) is 3.91. The normalized spacial score (nSPS) is 18.2. The van der Waals surface area contributed by atoms with Crippen molar-refractivity contribution in [3.05, 3.63) is 25.7 Å². The summed E-state index contributed by atoms with van der Waals surface area (Å²) in [6.45, 7) is 4.24. The van der Waals surface area contributed by atoms with Crippen LogP contribution in [0.2, 0.25) is 0 Å². The second kappa shape index (κ2) is 3.12. The van der Waals surface area contributed by atoms with Crippen LogP contribution in [0.4, 0.5) is 0 Å². The smallest absolute Gasteiger partial charge is 0.124 e. The van der Waals surface area contributed by atoms with E-state index in [9.17, 15) is 0 Å². The lowest BCUT2D eigenvalue weighted by molar-refractivity contribution is 0.138. The molecule has 0 saturated heterocycles. The minimum absolute atomic E-state index is 0.0355. The molecule has 0 N–H and O–H groups in total. The first-order chi connectivity index (χ1) is 5.98. The van der Waals surface area contributed by atoms with Crippen LogP contribution in [0.1, 0.15) is 19.4 Å². The summed E-state index contributed by atoms with van der Waals surface area (Å²) in [4.78, 5) is 0. The van der Waals surface area contributed by atoms with Gasteiger partial charge in [-0.2, -0.15) is 0 Å². The van der Waals surface area contributed by atoms with Crippen LogP contribution in [0.25, 0.3) is 0 Å². The molecule has 0 atom stereocenters. The molecule has 0 unspecified atom stereocenters. The molecule has 2 rings (SSSR count). The zero-order valence-corrected chi connectivity index (χ0v) is 11.3. The van der Waals surface area contributed by atoms with E-state index in [0.29, 0.717) is 0 Å². The molecule has 1 aromatic carbocycles. The maximum Gasteiger partial charge on any atom is 0.124 e. The van der Waals surface area contributed by atoms with Crippen LogP contribution in [-0.4, -0.2) is 5.60 Å². The van der Waals surface area contributed by atoms with Crippen molar-refractivity contribution < 1.29 is 4.74 Å². The zero-order chi connectivity index (χ0) is 9.64. The van der Waals surface area contributed by atoms with Gasteiger partial charge in [-0.15, -0.1) is 0 Å². The van der Waals surface area contributed by atoms with Crippen molar-refractivity contribution in [1.82, 2.24) is 0 Å². The van der Waals surface area contributed by atoms with E-state index in [-0.39, 0.29) is 5.60 Å². The second-order valence-corrected chi connectivity index (χ2v) is 5.93. The van der Waals surface area contributed by atoms with Crippen molar-refractivity contribution >= 4 is 38.5 Å². The summed E-state index contributed by atoms with van der Waals surface area (Å²) in [6.07, 6.45) is 1.01. The highest BCUT2D eigenvalue weighted by molar-refractivity contribution is 14.1. The molecule has 1 aliphatic rings. The average molecular weight is 353 g/mol. The third kappa shape index (κ3) is 1.86. The molecule has 70 valence electrons. The first-order valence-electron chi connectivity index (χ1n) is 4.15. The Morgan fingerprint density at radius 3 is 2.85 bits per heavy atom. The molecule has 0 spiro atoms. The van der Waals surface area contributed by atoms with Gasteiger partial charge in [0.1, 0.15) is 11.4 Å². The number of benzene rings is 1. The number of fused-ring (bicyclic) bond motifs is 1. The predicted molar refractivity (Wildman–Crippen MR) is 65.3 cm³/mol. The van der Waals surface area contributed by atoms with Gasteiger partial charge < -0.3 is 4.74 Å². The van der Waals surface area contributed by atoms with Crippen molar-refractivity contribution in [2.24, 2.45) is 0 Å². The first-order valence-corrected chi connectivity index (χ1v) is 6.02. The van der Waals surface area contributed by atoms with Gasteiger partial charge in [-0.1, -0.05) is 0 Å². The Bertz CT molecular complexity index is 327. The molecule has 0 bridgehead atoms. The lowest BCUT2D eigenvalue weighted by Gasteiger charge is -2.16. The van der Waals surface area contributed by atoms with Crippen LogP contribution >= 0.6 is 38.5 Å². The Balaban J connectivity index is 2.48. The fourth-order valence-electron chi connectivity index (χ4n) is 1.60. The molecule has 0 aromatic heterocycles. The summed E-state index contributed by atoms with van der Waals surface area (Å²) in [6, 6.07) is 4.25. The van der Waals surface area contributed by atoms with E-state index >= 15 is 0 Å². The van der Waals surface area contributed by atoms with Gasteiger partial charge in [-0.05, 0) is 70.1 Å². The average Bonchev–Trinajstić information content (AvgIpc) is 2.24. The summed E-state index contributed by atoms with van der Waals surface area (Å²) >= 11 is 5.83. The topological polar surface area (TPSA) is 9.23 Å². The Kier molecular flexibility index (Phi) is 2.35. The highest BCUT2D eigenvalue weighted by Gasteiger charge is 2.30. The number of rotatable bonds is 0. The Morgan fingerprint density at radius 2 is 2.15 bits per heavy atom. The molecule has 1 aromatic rings. The molecular weight excluding hydrogens is 343 g/mol. The Morgan fingerprint density at radius 1 is 1.46 bits per heavy atom. The van der Waals surface area contributed by atoms with Gasteiger partial charge in [0.25, 0.3) is 0 Å². The van der Waals surface area contributed by atoms with Crippen LogP contribution in [0.3, 0.4) is 0 Å². The van der Waals surface area contributed by atoms with Crippen molar-refractivity contribution in [2.45, 2.75) is 25.9 Å². The number of hydrogen-bond acceptors (Lipinski definition) is 1. The summed E-state index contributed by atoms with van der Waals surface area (Å²) in [5.74, 6) is 1.03. The number of hydrogen-bond donors (Lipinski definition) is 0. The zero-order valence-electron chi connectivity index (χ0n) is 7.53. The minimum atomic E-state index is -0.0355. The lowest BCUT2D eigenvalue weighted by Crippen LogP contribution is -2.24. The van der Waals surface area contributed by atoms with Crippen molar-refractivity contribution in [1.29, 1.82) is 0 Å². The minimum Gasteiger partial charge on any atom is -0.487 e. The monoisotopic (exact) mass is 352 g/mol. The van der Waals surface area contributed by atoms with Crippen LogP contribution in [0.5, 0.6) is 5.75 Å². The molecule has 1 aliphatic heterocycles. The molecular formula is C10H10BrIO. The van der Waals surface area contributed by atoms with Gasteiger partial charge in [-0.3, -0.25) is 0 Å². The van der Waals surface area contributed by atoms with Crippen molar-refractivity contribution in [3.8, 4) is 5.75 Å². The molecule has 0 aliphatic carbocycles. The molecule has 3 heteroatoms. The van der Waals surface area contributed by atoms with E-state index in [1.807, 2.05) is 0 Å². The van der Waals surface area contributed by atoms with Gasteiger partial charge in [0.05, 0.1) is 0 Å². The SMILES string of the molecule is CC1(C)Cc2cc(I)c(Br)cc2O1. The Labute approximate surface area is 100 Å². The van der Waals surface area contributed by atoms with Gasteiger partial charge >= 0.3 is 0 Å².